The van der Waals surface area contributed by atoms with Gasteiger partial charge in [0.1, 0.15) is 5.82 Å². The SMILES string of the molecule is CCN(CCOC)Cc1cc2ccccc2nc1NC. The van der Waals surface area contributed by atoms with Crippen LogP contribution in [0.25, 0.3) is 10.9 Å². The van der Waals surface area contributed by atoms with Gasteiger partial charge >= 0.3 is 0 Å². The van der Waals surface area contributed by atoms with Crippen molar-refractivity contribution in [1.82, 2.24) is 9.88 Å². The lowest BCUT2D eigenvalue weighted by atomic mass is 10.1. The number of nitrogens with zero attached hydrogens (tertiary/aromatic N) is 2. The summed E-state index contributed by atoms with van der Waals surface area (Å²) in [4.78, 5) is 7.05. The normalized spacial score (nSPS) is 11.2. The summed E-state index contributed by atoms with van der Waals surface area (Å²) in [5.41, 5.74) is 2.25. The highest BCUT2D eigenvalue weighted by Crippen LogP contribution is 2.21. The summed E-state index contributed by atoms with van der Waals surface area (Å²) in [6.45, 7) is 5.74. The summed E-state index contributed by atoms with van der Waals surface area (Å²) in [6.07, 6.45) is 0. The molecule has 1 heterocycles. The van der Waals surface area contributed by atoms with Crippen molar-refractivity contribution in [3.63, 3.8) is 0 Å². The Bertz CT molecular complexity index is 556. The highest BCUT2D eigenvalue weighted by atomic mass is 16.5. The van der Waals surface area contributed by atoms with Crippen LogP contribution in [-0.2, 0) is 11.3 Å². The van der Waals surface area contributed by atoms with Crippen LogP contribution >= 0.6 is 0 Å². The number of benzene rings is 1. The number of nitrogens with one attached hydrogen (secondary N) is 1. The minimum Gasteiger partial charge on any atom is -0.383 e. The maximum absolute atomic E-state index is 5.17. The first-order chi connectivity index (χ1) is 9.78. The van der Waals surface area contributed by atoms with E-state index in [9.17, 15) is 0 Å². The van der Waals surface area contributed by atoms with Gasteiger partial charge in [0.25, 0.3) is 0 Å². The van der Waals surface area contributed by atoms with E-state index in [0.717, 1.165) is 37.6 Å². The van der Waals surface area contributed by atoms with Crippen LogP contribution in [0, 0.1) is 0 Å². The number of fused-ring (bicyclic) bond motifs is 1. The number of para-hydroxylation sites is 1. The second-order valence-corrected chi connectivity index (χ2v) is 4.80. The minimum absolute atomic E-state index is 0.754. The summed E-state index contributed by atoms with van der Waals surface area (Å²) >= 11 is 0. The maximum atomic E-state index is 5.17. The lowest BCUT2D eigenvalue weighted by molar-refractivity contribution is 0.147. The van der Waals surface area contributed by atoms with E-state index in [1.807, 2.05) is 19.2 Å². The van der Waals surface area contributed by atoms with Crippen LogP contribution in [0.4, 0.5) is 5.82 Å². The van der Waals surface area contributed by atoms with Crippen LogP contribution in [0.2, 0.25) is 0 Å². The molecule has 0 aliphatic carbocycles. The van der Waals surface area contributed by atoms with Crippen LogP contribution in [0.5, 0.6) is 0 Å². The number of anilines is 1. The Labute approximate surface area is 120 Å². The first-order valence-corrected chi connectivity index (χ1v) is 7.06. The van der Waals surface area contributed by atoms with Gasteiger partial charge in [-0.05, 0) is 18.7 Å². The monoisotopic (exact) mass is 273 g/mol. The van der Waals surface area contributed by atoms with Gasteiger partial charge < -0.3 is 10.1 Å². The van der Waals surface area contributed by atoms with Crippen LogP contribution in [-0.4, -0.2) is 43.7 Å². The van der Waals surface area contributed by atoms with Crippen molar-refractivity contribution in [2.45, 2.75) is 13.5 Å². The number of aromatic nitrogens is 1. The molecule has 0 saturated carbocycles. The predicted octanol–water partition coefficient (Wildman–Crippen LogP) is 2.74. The number of methoxy groups -OCH3 is 1. The van der Waals surface area contributed by atoms with E-state index >= 15 is 0 Å². The second-order valence-electron chi connectivity index (χ2n) is 4.80. The van der Waals surface area contributed by atoms with E-state index in [2.05, 4.69) is 35.3 Å². The van der Waals surface area contributed by atoms with Crippen LogP contribution in [0.1, 0.15) is 12.5 Å². The molecule has 0 amide bonds. The smallest absolute Gasteiger partial charge is 0.130 e. The average Bonchev–Trinajstić information content (AvgIpc) is 2.50. The molecule has 0 bridgehead atoms. The Hall–Kier alpha value is -1.65. The number of likely N-dealkylation sites (N-methyl/N-ethyl adjacent to an activating group) is 1. The molecule has 0 fully saturated rings. The number of rotatable bonds is 7. The summed E-state index contributed by atoms with van der Waals surface area (Å²) < 4.78 is 5.17. The Morgan fingerprint density at radius 1 is 1.30 bits per heavy atom. The summed E-state index contributed by atoms with van der Waals surface area (Å²) in [7, 11) is 3.66. The van der Waals surface area contributed by atoms with Crippen molar-refractivity contribution in [1.29, 1.82) is 0 Å². The van der Waals surface area contributed by atoms with Crippen molar-refractivity contribution in [3.8, 4) is 0 Å². The summed E-state index contributed by atoms with van der Waals surface area (Å²) in [5.74, 6) is 0.958. The molecule has 4 heteroatoms. The highest BCUT2D eigenvalue weighted by molar-refractivity contribution is 5.81. The zero-order valence-corrected chi connectivity index (χ0v) is 12.5. The molecule has 1 aromatic heterocycles. The van der Waals surface area contributed by atoms with Crippen molar-refractivity contribution in [3.05, 3.63) is 35.9 Å². The third-order valence-electron chi connectivity index (χ3n) is 3.49. The molecule has 0 radical (unpaired) electrons. The molecule has 0 spiro atoms. The lowest BCUT2D eigenvalue weighted by Gasteiger charge is -2.21. The molecule has 0 aliphatic rings. The van der Waals surface area contributed by atoms with Gasteiger partial charge in [-0.3, -0.25) is 4.90 Å². The molecule has 0 unspecified atom stereocenters. The molecule has 0 aliphatic heterocycles. The molecule has 0 atom stereocenters. The van der Waals surface area contributed by atoms with Crippen molar-refractivity contribution in [2.24, 2.45) is 0 Å². The van der Waals surface area contributed by atoms with Gasteiger partial charge in [-0.15, -0.1) is 0 Å². The van der Waals surface area contributed by atoms with Gasteiger partial charge in [-0.2, -0.15) is 0 Å². The predicted molar refractivity (Wildman–Crippen MR) is 84.1 cm³/mol. The molecular formula is C16H23N3O. The third kappa shape index (κ3) is 3.46. The van der Waals surface area contributed by atoms with E-state index in [-0.39, 0.29) is 0 Å². The van der Waals surface area contributed by atoms with Crippen LogP contribution < -0.4 is 5.32 Å². The fraction of sp³-hybridized carbons (Fsp3) is 0.438. The van der Waals surface area contributed by atoms with Gasteiger partial charge in [0.05, 0.1) is 12.1 Å². The van der Waals surface area contributed by atoms with Gasteiger partial charge in [0, 0.05) is 38.2 Å². The van der Waals surface area contributed by atoms with E-state index in [0.29, 0.717) is 0 Å². The zero-order valence-electron chi connectivity index (χ0n) is 12.5. The van der Waals surface area contributed by atoms with E-state index < -0.39 is 0 Å². The summed E-state index contributed by atoms with van der Waals surface area (Å²) in [5, 5.41) is 4.39. The Balaban J connectivity index is 2.27. The quantitative estimate of drug-likeness (QED) is 0.841. The maximum Gasteiger partial charge on any atom is 0.130 e. The first kappa shape index (κ1) is 14.8. The summed E-state index contributed by atoms with van der Waals surface area (Å²) in [6, 6.07) is 10.4. The molecule has 0 saturated heterocycles. The first-order valence-electron chi connectivity index (χ1n) is 7.06. The largest absolute Gasteiger partial charge is 0.383 e. The fourth-order valence-corrected chi connectivity index (χ4v) is 2.31. The second kappa shape index (κ2) is 7.22. The van der Waals surface area contributed by atoms with Crippen LogP contribution in [0.3, 0.4) is 0 Å². The number of hydrogen-bond acceptors (Lipinski definition) is 4. The molecule has 20 heavy (non-hydrogen) atoms. The number of pyridine rings is 1. The average molecular weight is 273 g/mol. The minimum atomic E-state index is 0.754. The molecule has 4 nitrogen and oxygen atoms in total. The third-order valence-corrected chi connectivity index (χ3v) is 3.49. The number of ether oxygens (including phenoxy) is 1. The van der Waals surface area contributed by atoms with Gasteiger partial charge in [-0.1, -0.05) is 25.1 Å². The van der Waals surface area contributed by atoms with E-state index in [4.69, 9.17) is 9.72 Å². The van der Waals surface area contributed by atoms with E-state index in [1.165, 1.54) is 10.9 Å². The topological polar surface area (TPSA) is 37.4 Å². The molecule has 2 aromatic rings. The Morgan fingerprint density at radius 2 is 2.10 bits per heavy atom. The van der Waals surface area contributed by atoms with Crippen LogP contribution in [0.15, 0.2) is 30.3 Å². The molecular weight excluding hydrogens is 250 g/mol. The Kier molecular flexibility index (Phi) is 5.32. The zero-order chi connectivity index (χ0) is 14.4. The van der Waals surface area contributed by atoms with Crippen molar-refractivity contribution >= 4 is 16.7 Å². The highest BCUT2D eigenvalue weighted by Gasteiger charge is 2.09. The van der Waals surface area contributed by atoms with Gasteiger partial charge in [0.15, 0.2) is 0 Å². The van der Waals surface area contributed by atoms with Gasteiger partial charge in [0.2, 0.25) is 0 Å². The fourth-order valence-electron chi connectivity index (χ4n) is 2.31. The van der Waals surface area contributed by atoms with E-state index in [1.54, 1.807) is 7.11 Å². The lowest BCUT2D eigenvalue weighted by Crippen LogP contribution is -2.27. The molecule has 1 aromatic carbocycles. The molecule has 108 valence electrons. The van der Waals surface area contributed by atoms with Crippen molar-refractivity contribution in [2.75, 3.05) is 39.2 Å². The molecule has 2 rings (SSSR count). The standard InChI is InChI=1S/C16H23N3O/c1-4-19(9-10-20-3)12-14-11-13-7-5-6-8-15(13)18-16(14)17-2/h5-8,11H,4,9-10,12H2,1-3H3,(H,17,18). The molecule has 1 N–H and O–H groups in total. The Morgan fingerprint density at radius 3 is 2.80 bits per heavy atom. The number of hydrogen-bond donors (Lipinski definition) is 1. The van der Waals surface area contributed by atoms with Crippen molar-refractivity contribution < 1.29 is 4.74 Å². The van der Waals surface area contributed by atoms with Gasteiger partial charge in [-0.25, -0.2) is 4.98 Å².